The van der Waals surface area contributed by atoms with E-state index in [4.69, 9.17) is 11.6 Å². The third-order valence-electron chi connectivity index (χ3n) is 2.81. The van der Waals surface area contributed by atoms with Gasteiger partial charge in [-0.1, -0.05) is 17.7 Å². The van der Waals surface area contributed by atoms with Crippen LogP contribution in [-0.2, 0) is 0 Å². The van der Waals surface area contributed by atoms with E-state index < -0.39 is 0 Å². The van der Waals surface area contributed by atoms with Gasteiger partial charge in [0.05, 0.1) is 10.6 Å². The Kier molecular flexibility index (Phi) is 6.43. The Hall–Kier alpha value is -0.290. The zero-order valence-corrected chi connectivity index (χ0v) is 12.9. The van der Waals surface area contributed by atoms with E-state index in [2.05, 4.69) is 21.2 Å². The van der Waals surface area contributed by atoms with Crippen LogP contribution in [-0.4, -0.2) is 37.0 Å². The van der Waals surface area contributed by atoms with Crippen molar-refractivity contribution in [1.82, 2.24) is 10.2 Å². The topological polar surface area (TPSA) is 32.3 Å². The lowest BCUT2D eigenvalue weighted by molar-refractivity contribution is 0.0766. The second kappa shape index (κ2) is 7.34. The Morgan fingerprint density at radius 2 is 2.11 bits per heavy atom. The average Bonchev–Trinajstić information content (AvgIpc) is 2.60. The van der Waals surface area contributed by atoms with Crippen LogP contribution in [0.2, 0.25) is 5.02 Å². The highest BCUT2D eigenvalue weighted by Crippen LogP contribution is 2.27. The quantitative estimate of drug-likeness (QED) is 0.841. The van der Waals surface area contributed by atoms with E-state index in [-0.39, 0.29) is 18.3 Å². The highest BCUT2D eigenvalue weighted by atomic mass is 79.9. The summed E-state index contributed by atoms with van der Waals surface area (Å²) in [6.45, 7) is 3.34. The molecule has 0 aliphatic carbocycles. The van der Waals surface area contributed by atoms with Crippen molar-refractivity contribution < 1.29 is 4.79 Å². The molecule has 6 heteroatoms. The van der Waals surface area contributed by atoms with Gasteiger partial charge in [0, 0.05) is 24.1 Å². The van der Waals surface area contributed by atoms with Gasteiger partial charge in [0.2, 0.25) is 0 Å². The lowest BCUT2D eigenvalue weighted by atomic mass is 10.2. The number of benzene rings is 1. The minimum absolute atomic E-state index is 0. The SMILES string of the molecule is Cl.O=C(c1cccc(Br)c1Cl)N1CCCNCC1. The van der Waals surface area contributed by atoms with Crippen LogP contribution in [0.1, 0.15) is 16.8 Å². The molecule has 1 saturated heterocycles. The maximum absolute atomic E-state index is 12.3. The molecule has 0 unspecified atom stereocenters. The van der Waals surface area contributed by atoms with Crippen molar-refractivity contribution in [3.8, 4) is 0 Å². The number of carbonyl (C=O) groups excluding carboxylic acids is 1. The molecule has 0 spiro atoms. The lowest BCUT2D eigenvalue weighted by Crippen LogP contribution is -2.34. The summed E-state index contributed by atoms with van der Waals surface area (Å²) in [6.07, 6.45) is 0.983. The van der Waals surface area contributed by atoms with Gasteiger partial charge in [0.15, 0.2) is 0 Å². The van der Waals surface area contributed by atoms with Crippen LogP contribution >= 0.6 is 39.9 Å². The highest BCUT2D eigenvalue weighted by Gasteiger charge is 2.20. The van der Waals surface area contributed by atoms with Gasteiger partial charge in [0.25, 0.3) is 5.91 Å². The van der Waals surface area contributed by atoms with Crippen LogP contribution in [0.5, 0.6) is 0 Å². The second-order valence-corrected chi connectivity index (χ2v) is 5.23. The molecular weight excluding hydrogens is 339 g/mol. The number of rotatable bonds is 1. The molecule has 1 fully saturated rings. The first-order valence-corrected chi connectivity index (χ1v) is 6.81. The molecule has 1 aromatic carbocycles. The minimum atomic E-state index is 0. The van der Waals surface area contributed by atoms with Crippen LogP contribution in [0, 0.1) is 0 Å². The Morgan fingerprint density at radius 3 is 2.89 bits per heavy atom. The summed E-state index contributed by atoms with van der Waals surface area (Å²) < 4.78 is 0.762. The number of nitrogens with one attached hydrogen (secondary N) is 1. The lowest BCUT2D eigenvalue weighted by Gasteiger charge is -2.20. The maximum atomic E-state index is 12.3. The van der Waals surface area contributed by atoms with Gasteiger partial charge >= 0.3 is 0 Å². The summed E-state index contributed by atoms with van der Waals surface area (Å²) in [4.78, 5) is 14.2. The summed E-state index contributed by atoms with van der Waals surface area (Å²) in [5, 5.41) is 3.77. The minimum Gasteiger partial charge on any atom is -0.337 e. The van der Waals surface area contributed by atoms with E-state index in [0.29, 0.717) is 10.6 Å². The predicted molar refractivity (Wildman–Crippen MR) is 79.8 cm³/mol. The fourth-order valence-corrected chi connectivity index (χ4v) is 2.46. The molecule has 0 saturated carbocycles. The molecule has 0 bridgehead atoms. The first-order valence-electron chi connectivity index (χ1n) is 5.64. The van der Waals surface area contributed by atoms with Crippen molar-refractivity contribution >= 4 is 45.8 Å². The molecule has 1 heterocycles. The van der Waals surface area contributed by atoms with Crippen molar-refractivity contribution in [2.24, 2.45) is 0 Å². The number of hydrogen-bond donors (Lipinski definition) is 1. The summed E-state index contributed by atoms with van der Waals surface area (Å²) in [6, 6.07) is 5.44. The van der Waals surface area contributed by atoms with Crippen LogP contribution < -0.4 is 5.32 Å². The zero-order valence-electron chi connectivity index (χ0n) is 9.79. The van der Waals surface area contributed by atoms with Gasteiger partial charge in [-0.15, -0.1) is 12.4 Å². The van der Waals surface area contributed by atoms with E-state index >= 15 is 0 Å². The van der Waals surface area contributed by atoms with Gasteiger partial charge in [-0.2, -0.15) is 0 Å². The van der Waals surface area contributed by atoms with E-state index in [1.165, 1.54) is 0 Å². The molecule has 1 aromatic rings. The summed E-state index contributed by atoms with van der Waals surface area (Å²) in [5.41, 5.74) is 0.572. The molecule has 3 nitrogen and oxygen atoms in total. The Labute approximate surface area is 126 Å². The Balaban J connectivity index is 0.00000162. The molecule has 1 amide bonds. The number of hydrogen-bond acceptors (Lipinski definition) is 2. The van der Waals surface area contributed by atoms with Gasteiger partial charge in [-0.3, -0.25) is 4.79 Å². The summed E-state index contributed by atoms with van der Waals surface area (Å²) in [7, 11) is 0. The van der Waals surface area contributed by atoms with Crippen molar-refractivity contribution in [2.75, 3.05) is 26.2 Å². The number of halogens is 3. The molecule has 18 heavy (non-hydrogen) atoms. The molecule has 1 aliphatic rings. The second-order valence-electron chi connectivity index (χ2n) is 4.00. The first kappa shape index (κ1) is 15.8. The molecule has 0 atom stereocenters. The van der Waals surface area contributed by atoms with E-state index in [1.54, 1.807) is 6.07 Å². The molecule has 1 N–H and O–H groups in total. The summed E-state index contributed by atoms with van der Waals surface area (Å²) >= 11 is 9.48. The van der Waals surface area contributed by atoms with Gasteiger partial charge in [-0.25, -0.2) is 0 Å². The van der Waals surface area contributed by atoms with Crippen molar-refractivity contribution in [1.29, 1.82) is 0 Å². The van der Waals surface area contributed by atoms with E-state index in [0.717, 1.165) is 37.1 Å². The molecule has 1 aliphatic heterocycles. The number of carbonyl (C=O) groups is 1. The zero-order chi connectivity index (χ0) is 12.3. The van der Waals surface area contributed by atoms with Crippen LogP contribution in [0.4, 0.5) is 0 Å². The Morgan fingerprint density at radius 1 is 1.33 bits per heavy atom. The predicted octanol–water partition coefficient (Wildman–Crippen LogP) is 2.96. The van der Waals surface area contributed by atoms with Crippen molar-refractivity contribution in [2.45, 2.75) is 6.42 Å². The first-order chi connectivity index (χ1) is 8.20. The standard InChI is InChI=1S/C12H14BrClN2O.ClH/c13-10-4-1-3-9(11(10)14)12(17)16-7-2-5-15-6-8-16;/h1,3-4,15H,2,5-8H2;1H. The largest absolute Gasteiger partial charge is 0.337 e. The number of nitrogens with zero attached hydrogens (tertiary/aromatic N) is 1. The monoisotopic (exact) mass is 352 g/mol. The average molecular weight is 354 g/mol. The molecule has 0 radical (unpaired) electrons. The Bertz CT molecular complexity index is 421. The fourth-order valence-electron chi connectivity index (χ4n) is 1.89. The fraction of sp³-hybridized carbons (Fsp3) is 0.417. The van der Waals surface area contributed by atoms with Crippen LogP contribution in [0.25, 0.3) is 0 Å². The maximum Gasteiger partial charge on any atom is 0.255 e. The van der Waals surface area contributed by atoms with Gasteiger partial charge in [0.1, 0.15) is 0 Å². The highest BCUT2D eigenvalue weighted by molar-refractivity contribution is 9.10. The summed E-state index contributed by atoms with van der Waals surface area (Å²) in [5.74, 6) is 0.0139. The normalized spacial score (nSPS) is 15.8. The molecule has 2 rings (SSSR count). The third kappa shape index (κ3) is 3.60. The van der Waals surface area contributed by atoms with Gasteiger partial charge in [-0.05, 0) is 41.0 Å². The number of amides is 1. The van der Waals surface area contributed by atoms with Crippen molar-refractivity contribution in [3.05, 3.63) is 33.3 Å². The van der Waals surface area contributed by atoms with Crippen LogP contribution in [0.15, 0.2) is 22.7 Å². The molecule has 0 aromatic heterocycles. The molecule has 100 valence electrons. The van der Waals surface area contributed by atoms with Gasteiger partial charge < -0.3 is 10.2 Å². The van der Waals surface area contributed by atoms with Crippen LogP contribution in [0.3, 0.4) is 0 Å². The van der Waals surface area contributed by atoms with E-state index in [1.807, 2.05) is 17.0 Å². The smallest absolute Gasteiger partial charge is 0.255 e. The third-order valence-corrected chi connectivity index (χ3v) is 4.11. The molecular formula is C12H15BrCl2N2O. The van der Waals surface area contributed by atoms with E-state index in [9.17, 15) is 4.79 Å². The van der Waals surface area contributed by atoms with Crippen molar-refractivity contribution in [3.63, 3.8) is 0 Å².